The fourth-order valence-electron chi connectivity index (χ4n) is 4.09. The van der Waals surface area contributed by atoms with E-state index >= 15 is 0 Å². The Morgan fingerprint density at radius 2 is 1.85 bits per heavy atom. The van der Waals surface area contributed by atoms with Gasteiger partial charge in [-0.1, -0.05) is 36.4 Å². The molecule has 0 N–H and O–H groups in total. The van der Waals surface area contributed by atoms with Gasteiger partial charge in [0.1, 0.15) is 11.9 Å². The van der Waals surface area contributed by atoms with Crippen molar-refractivity contribution in [2.45, 2.75) is 20.0 Å². The van der Waals surface area contributed by atoms with Crippen LogP contribution in [0.3, 0.4) is 0 Å². The number of aromatic nitrogens is 1. The maximum atomic E-state index is 12.9. The van der Waals surface area contributed by atoms with Gasteiger partial charge in [0.2, 0.25) is 0 Å². The maximum absolute atomic E-state index is 12.9. The Hall–Kier alpha value is -3.45. The first-order chi connectivity index (χ1) is 15.8. The quantitative estimate of drug-likeness (QED) is 0.598. The van der Waals surface area contributed by atoms with Crippen molar-refractivity contribution in [3.8, 4) is 5.75 Å². The molecule has 1 atom stereocenters. The van der Waals surface area contributed by atoms with Gasteiger partial charge in [0.05, 0.1) is 29.9 Å². The average Bonchev–Trinajstić information content (AvgIpc) is 2.82. The van der Waals surface area contributed by atoms with E-state index in [2.05, 4.69) is 0 Å². The van der Waals surface area contributed by atoms with Crippen LogP contribution in [0.2, 0.25) is 0 Å². The van der Waals surface area contributed by atoms with Crippen molar-refractivity contribution >= 4 is 22.7 Å². The van der Waals surface area contributed by atoms with Gasteiger partial charge in [0.25, 0.3) is 11.8 Å². The Morgan fingerprint density at radius 3 is 2.58 bits per heavy atom. The number of hydrogen-bond acceptors (Lipinski definition) is 5. The van der Waals surface area contributed by atoms with E-state index in [9.17, 15) is 9.59 Å². The number of amides is 2. The van der Waals surface area contributed by atoms with E-state index in [1.807, 2.05) is 56.3 Å². The summed E-state index contributed by atoms with van der Waals surface area (Å²) < 4.78 is 11.8. The van der Waals surface area contributed by atoms with Crippen LogP contribution in [0.15, 0.2) is 48.5 Å². The molecule has 3 aromatic rings. The highest BCUT2D eigenvalue weighted by Crippen LogP contribution is 2.27. The number of fused-ring (bicyclic) bond motifs is 1. The molecule has 0 spiro atoms. The maximum Gasteiger partial charge on any atom is 0.260 e. The average molecular weight is 448 g/mol. The van der Waals surface area contributed by atoms with Crippen LogP contribution in [0.5, 0.6) is 5.75 Å². The van der Waals surface area contributed by atoms with Crippen LogP contribution in [0, 0.1) is 13.8 Å². The summed E-state index contributed by atoms with van der Waals surface area (Å²) in [5.41, 5.74) is 3.95. The van der Waals surface area contributed by atoms with Crippen LogP contribution < -0.4 is 4.74 Å². The number of aryl methyl sites for hydroxylation is 2. The molecule has 172 valence electrons. The predicted molar refractivity (Wildman–Crippen MR) is 126 cm³/mol. The third-order valence-corrected chi connectivity index (χ3v) is 5.87. The molecule has 0 saturated carbocycles. The van der Waals surface area contributed by atoms with Crippen molar-refractivity contribution in [2.24, 2.45) is 0 Å². The molecule has 1 aliphatic rings. The van der Waals surface area contributed by atoms with Crippen LogP contribution in [0.4, 0.5) is 0 Å². The molecule has 2 heterocycles. The molecule has 0 bridgehead atoms. The van der Waals surface area contributed by atoms with Gasteiger partial charge >= 0.3 is 0 Å². The number of carbonyl (C=O) groups is 2. The van der Waals surface area contributed by atoms with Gasteiger partial charge in [-0.25, -0.2) is 4.98 Å². The Kier molecular flexibility index (Phi) is 6.60. The highest BCUT2D eigenvalue weighted by molar-refractivity contribution is 6.06. The van der Waals surface area contributed by atoms with Crippen LogP contribution in [0.25, 0.3) is 10.9 Å². The molecule has 1 aliphatic heterocycles. The van der Waals surface area contributed by atoms with Gasteiger partial charge in [-0.2, -0.15) is 0 Å². The summed E-state index contributed by atoms with van der Waals surface area (Å²) in [5.74, 6) is 0.552. The molecule has 1 unspecified atom stereocenters. The lowest BCUT2D eigenvalue weighted by atomic mass is 10.0. The number of pyridine rings is 1. The van der Waals surface area contributed by atoms with Gasteiger partial charge < -0.3 is 19.3 Å². The van der Waals surface area contributed by atoms with Gasteiger partial charge in [0.15, 0.2) is 6.61 Å². The third kappa shape index (κ3) is 4.83. The second-order valence-electron chi connectivity index (χ2n) is 8.52. The zero-order valence-electron chi connectivity index (χ0n) is 19.5. The fraction of sp³-hybridized carbons (Fsp3) is 0.346. The summed E-state index contributed by atoms with van der Waals surface area (Å²) in [7, 11) is 3.45. The van der Waals surface area contributed by atoms with E-state index < -0.39 is 6.10 Å². The van der Waals surface area contributed by atoms with Gasteiger partial charge in [-0.15, -0.1) is 0 Å². The molecular formula is C26H29N3O4. The standard InChI is InChI=1S/C26H29N3O4/c1-17-8-7-9-18(2)25(17)33-16-24(30)29-12-13-32-23(15-29)22-14-20(26(31)28(3)4)19-10-5-6-11-21(19)27-22/h5-11,14,23H,12-13,15-16H2,1-4H3. The Balaban J connectivity index is 1.53. The Labute approximate surface area is 193 Å². The summed E-state index contributed by atoms with van der Waals surface area (Å²) in [4.78, 5) is 33.8. The molecule has 7 heteroatoms. The lowest BCUT2D eigenvalue weighted by molar-refractivity contribution is -0.141. The van der Waals surface area contributed by atoms with Crippen molar-refractivity contribution in [3.63, 3.8) is 0 Å². The van der Waals surface area contributed by atoms with Crippen LogP contribution in [-0.4, -0.2) is 67.0 Å². The Bertz CT molecular complexity index is 1170. The van der Waals surface area contributed by atoms with Crippen LogP contribution >= 0.6 is 0 Å². The lowest BCUT2D eigenvalue weighted by Gasteiger charge is -2.33. The van der Waals surface area contributed by atoms with Gasteiger partial charge in [-0.05, 0) is 37.1 Å². The van der Waals surface area contributed by atoms with E-state index in [4.69, 9.17) is 14.5 Å². The van der Waals surface area contributed by atoms with Crippen molar-refractivity contribution < 1.29 is 19.1 Å². The minimum Gasteiger partial charge on any atom is -0.483 e. The smallest absolute Gasteiger partial charge is 0.260 e. The van der Waals surface area contributed by atoms with E-state index in [1.54, 1.807) is 30.0 Å². The first-order valence-corrected chi connectivity index (χ1v) is 11.0. The number of hydrogen-bond donors (Lipinski definition) is 0. The monoisotopic (exact) mass is 447 g/mol. The number of benzene rings is 2. The van der Waals surface area contributed by atoms with Gasteiger partial charge in [-0.3, -0.25) is 9.59 Å². The molecule has 4 rings (SSSR count). The predicted octanol–water partition coefficient (Wildman–Crippen LogP) is 3.53. The fourth-order valence-corrected chi connectivity index (χ4v) is 4.09. The van der Waals surface area contributed by atoms with E-state index in [0.29, 0.717) is 31.0 Å². The van der Waals surface area contributed by atoms with Crippen LogP contribution in [0.1, 0.15) is 33.3 Å². The molecule has 0 radical (unpaired) electrons. The zero-order valence-corrected chi connectivity index (χ0v) is 19.5. The minimum absolute atomic E-state index is 0.0338. The molecule has 33 heavy (non-hydrogen) atoms. The summed E-state index contributed by atoms with van der Waals surface area (Å²) in [5, 5.41) is 0.797. The number of nitrogens with zero attached hydrogens (tertiary/aromatic N) is 3. The first-order valence-electron chi connectivity index (χ1n) is 11.0. The number of morpholine rings is 1. The summed E-state index contributed by atoms with van der Waals surface area (Å²) in [6.45, 7) is 5.14. The lowest BCUT2D eigenvalue weighted by Crippen LogP contribution is -2.44. The van der Waals surface area contributed by atoms with E-state index in [-0.39, 0.29) is 18.4 Å². The minimum atomic E-state index is -0.416. The second-order valence-corrected chi connectivity index (χ2v) is 8.52. The second kappa shape index (κ2) is 9.58. The number of para-hydroxylation sites is 2. The summed E-state index contributed by atoms with van der Waals surface area (Å²) in [6, 6.07) is 15.3. The highest BCUT2D eigenvalue weighted by Gasteiger charge is 2.28. The molecule has 2 amide bonds. The number of carbonyl (C=O) groups excluding carboxylic acids is 2. The van der Waals surface area contributed by atoms with E-state index in [0.717, 1.165) is 27.8 Å². The van der Waals surface area contributed by atoms with Crippen molar-refractivity contribution in [1.82, 2.24) is 14.8 Å². The molecular weight excluding hydrogens is 418 g/mol. The molecule has 1 fully saturated rings. The highest BCUT2D eigenvalue weighted by atomic mass is 16.5. The molecule has 0 aliphatic carbocycles. The largest absolute Gasteiger partial charge is 0.483 e. The number of rotatable bonds is 5. The van der Waals surface area contributed by atoms with Crippen molar-refractivity contribution in [2.75, 3.05) is 40.4 Å². The van der Waals surface area contributed by atoms with Crippen molar-refractivity contribution in [1.29, 1.82) is 0 Å². The third-order valence-electron chi connectivity index (χ3n) is 5.87. The Morgan fingerprint density at radius 1 is 1.12 bits per heavy atom. The van der Waals surface area contributed by atoms with Crippen molar-refractivity contribution in [3.05, 3.63) is 70.9 Å². The molecule has 2 aromatic carbocycles. The number of ether oxygens (including phenoxy) is 2. The molecule has 7 nitrogen and oxygen atoms in total. The summed E-state index contributed by atoms with van der Waals surface area (Å²) in [6.07, 6.45) is -0.416. The zero-order chi connectivity index (χ0) is 23.5. The normalized spacial score (nSPS) is 16.0. The summed E-state index contributed by atoms with van der Waals surface area (Å²) >= 11 is 0. The topological polar surface area (TPSA) is 72.0 Å². The SMILES string of the molecule is Cc1cccc(C)c1OCC(=O)N1CCOC(c2cc(C(=O)N(C)C)c3ccccc3n2)C1. The van der Waals surface area contributed by atoms with E-state index in [1.165, 1.54) is 0 Å². The molecule has 1 aromatic heterocycles. The first kappa shape index (κ1) is 22.7. The van der Waals surface area contributed by atoms with Crippen LogP contribution in [-0.2, 0) is 9.53 Å². The molecule has 1 saturated heterocycles. The van der Waals surface area contributed by atoms with Gasteiger partial charge in [0, 0.05) is 26.0 Å².